The second-order valence-corrected chi connectivity index (χ2v) is 6.82. The molecule has 0 aliphatic carbocycles. The van der Waals surface area contributed by atoms with E-state index in [-0.39, 0.29) is 11.5 Å². The Morgan fingerprint density at radius 2 is 1.85 bits per heavy atom. The van der Waals surface area contributed by atoms with Crippen LogP contribution in [0.3, 0.4) is 0 Å². The normalized spacial score (nSPS) is 20.3. The Balaban J connectivity index is 1.58. The highest BCUT2D eigenvalue weighted by Gasteiger charge is 2.31. The molecule has 27 heavy (non-hydrogen) atoms. The monoisotopic (exact) mass is 373 g/mol. The third kappa shape index (κ3) is 3.32. The molecule has 8 heteroatoms. The van der Waals surface area contributed by atoms with Crippen LogP contribution in [-0.4, -0.2) is 34.1 Å². The zero-order valence-corrected chi connectivity index (χ0v) is 14.7. The van der Waals surface area contributed by atoms with E-state index in [1.807, 2.05) is 24.0 Å². The fourth-order valence-corrected chi connectivity index (χ4v) is 3.55. The fourth-order valence-electron chi connectivity index (χ4n) is 3.55. The summed E-state index contributed by atoms with van der Waals surface area (Å²) in [6.07, 6.45) is 2.18. The average molecular weight is 373 g/mol. The molecule has 0 bridgehead atoms. The lowest BCUT2D eigenvalue weighted by molar-refractivity contribution is 0.416. The first kappa shape index (κ1) is 17.7. The SMILES string of the molecule is Cc1cnc2ccc(N3CC[C@H](c4cc(F)c(F)cc4F)[C@@H](N)C3)nc2n1. The van der Waals surface area contributed by atoms with Gasteiger partial charge in [-0.3, -0.25) is 4.98 Å². The summed E-state index contributed by atoms with van der Waals surface area (Å²) < 4.78 is 40.9. The summed E-state index contributed by atoms with van der Waals surface area (Å²) in [5, 5.41) is 0. The number of pyridine rings is 1. The predicted octanol–water partition coefficient (Wildman–Crippen LogP) is 3.07. The molecular formula is C19H18F3N5. The van der Waals surface area contributed by atoms with E-state index in [1.165, 1.54) is 0 Å². The molecule has 2 N–H and O–H groups in total. The number of nitrogens with two attached hydrogens (primary N) is 1. The second-order valence-electron chi connectivity index (χ2n) is 6.82. The van der Waals surface area contributed by atoms with Crippen molar-refractivity contribution in [2.75, 3.05) is 18.0 Å². The van der Waals surface area contributed by atoms with Gasteiger partial charge in [-0.15, -0.1) is 0 Å². The van der Waals surface area contributed by atoms with Crippen molar-refractivity contribution in [3.05, 3.63) is 59.2 Å². The quantitative estimate of drug-likeness (QED) is 0.700. The van der Waals surface area contributed by atoms with Gasteiger partial charge in [0.2, 0.25) is 0 Å². The Hall–Kier alpha value is -2.74. The first-order valence-electron chi connectivity index (χ1n) is 8.68. The van der Waals surface area contributed by atoms with E-state index in [0.29, 0.717) is 42.6 Å². The van der Waals surface area contributed by atoms with Crippen LogP contribution in [-0.2, 0) is 0 Å². The highest BCUT2D eigenvalue weighted by atomic mass is 19.2. The molecule has 2 aromatic heterocycles. The minimum Gasteiger partial charge on any atom is -0.355 e. The predicted molar refractivity (Wildman–Crippen MR) is 95.9 cm³/mol. The number of aryl methyl sites for hydroxylation is 1. The number of piperidine rings is 1. The van der Waals surface area contributed by atoms with E-state index in [1.54, 1.807) is 6.20 Å². The van der Waals surface area contributed by atoms with Crippen LogP contribution in [0.4, 0.5) is 19.0 Å². The summed E-state index contributed by atoms with van der Waals surface area (Å²) in [4.78, 5) is 15.2. The summed E-state index contributed by atoms with van der Waals surface area (Å²) in [5.41, 5.74) is 8.40. The van der Waals surface area contributed by atoms with Crippen molar-refractivity contribution in [1.29, 1.82) is 0 Å². The standard InChI is InChI=1S/C19H18F3N5/c1-10-8-24-17-2-3-18(26-19(17)25-10)27-5-4-11(16(23)9-27)12-6-14(21)15(22)7-13(12)20/h2-3,6-8,11,16H,4-5,9,23H2,1H3/t11-,16+/m1/s1. The number of rotatable bonds is 2. The van der Waals surface area contributed by atoms with Crippen LogP contribution >= 0.6 is 0 Å². The molecule has 3 heterocycles. The molecule has 1 fully saturated rings. The van der Waals surface area contributed by atoms with Crippen molar-refractivity contribution >= 4 is 17.0 Å². The molecule has 0 saturated carbocycles. The number of benzene rings is 1. The molecule has 1 aliphatic rings. The molecule has 3 aromatic rings. The van der Waals surface area contributed by atoms with Gasteiger partial charge in [0.15, 0.2) is 17.3 Å². The van der Waals surface area contributed by atoms with Gasteiger partial charge in [-0.2, -0.15) is 0 Å². The zero-order chi connectivity index (χ0) is 19.1. The van der Waals surface area contributed by atoms with Crippen molar-refractivity contribution in [3.8, 4) is 0 Å². The maximum Gasteiger partial charge on any atom is 0.180 e. The van der Waals surface area contributed by atoms with Gasteiger partial charge >= 0.3 is 0 Å². The Bertz CT molecular complexity index is 1010. The van der Waals surface area contributed by atoms with Gasteiger partial charge < -0.3 is 10.6 Å². The number of aromatic nitrogens is 3. The summed E-state index contributed by atoms with van der Waals surface area (Å²) in [6.45, 7) is 2.83. The molecule has 2 atom stereocenters. The van der Waals surface area contributed by atoms with Crippen LogP contribution < -0.4 is 10.6 Å². The van der Waals surface area contributed by atoms with E-state index >= 15 is 0 Å². The number of hydrogen-bond donors (Lipinski definition) is 1. The lowest BCUT2D eigenvalue weighted by Gasteiger charge is -2.37. The number of anilines is 1. The van der Waals surface area contributed by atoms with Crippen LogP contribution in [0, 0.1) is 24.4 Å². The minimum absolute atomic E-state index is 0.119. The topological polar surface area (TPSA) is 67.9 Å². The maximum atomic E-state index is 14.1. The zero-order valence-electron chi connectivity index (χ0n) is 14.7. The van der Waals surface area contributed by atoms with Gasteiger partial charge in [-0.05, 0) is 37.1 Å². The van der Waals surface area contributed by atoms with E-state index in [2.05, 4.69) is 15.0 Å². The first-order valence-corrected chi connectivity index (χ1v) is 8.68. The number of nitrogens with zero attached hydrogens (tertiary/aromatic N) is 4. The van der Waals surface area contributed by atoms with Crippen LogP contribution in [0.5, 0.6) is 0 Å². The fraction of sp³-hybridized carbons (Fsp3) is 0.316. The molecular weight excluding hydrogens is 355 g/mol. The van der Waals surface area contributed by atoms with Crippen molar-refractivity contribution in [2.45, 2.75) is 25.3 Å². The Morgan fingerprint density at radius 1 is 1.07 bits per heavy atom. The highest BCUT2D eigenvalue weighted by molar-refractivity contribution is 5.72. The van der Waals surface area contributed by atoms with Crippen molar-refractivity contribution < 1.29 is 13.2 Å². The van der Waals surface area contributed by atoms with Gasteiger partial charge in [0.05, 0.1) is 5.69 Å². The van der Waals surface area contributed by atoms with Crippen molar-refractivity contribution in [1.82, 2.24) is 15.0 Å². The molecule has 1 aromatic carbocycles. The Kier molecular flexibility index (Phi) is 4.43. The van der Waals surface area contributed by atoms with Gasteiger partial charge in [0.1, 0.15) is 17.2 Å². The molecule has 0 unspecified atom stereocenters. The van der Waals surface area contributed by atoms with E-state index in [4.69, 9.17) is 5.73 Å². The van der Waals surface area contributed by atoms with Gasteiger partial charge in [-0.1, -0.05) is 0 Å². The van der Waals surface area contributed by atoms with Gasteiger partial charge in [0, 0.05) is 37.3 Å². The molecule has 4 rings (SSSR count). The summed E-state index contributed by atoms with van der Waals surface area (Å²) in [5.74, 6) is -2.71. The molecule has 140 valence electrons. The number of halogens is 3. The molecule has 1 aliphatic heterocycles. The smallest absolute Gasteiger partial charge is 0.180 e. The van der Waals surface area contributed by atoms with Crippen LogP contribution in [0.15, 0.2) is 30.5 Å². The molecule has 0 amide bonds. The van der Waals surface area contributed by atoms with Crippen molar-refractivity contribution in [3.63, 3.8) is 0 Å². The lowest BCUT2D eigenvalue weighted by atomic mass is 9.85. The van der Waals surface area contributed by atoms with Gasteiger partial charge in [0.25, 0.3) is 0 Å². The van der Waals surface area contributed by atoms with Gasteiger partial charge in [-0.25, -0.2) is 23.1 Å². The minimum atomic E-state index is -1.20. The molecule has 5 nitrogen and oxygen atoms in total. The van der Waals surface area contributed by atoms with Crippen LogP contribution in [0.25, 0.3) is 11.2 Å². The summed E-state index contributed by atoms with van der Waals surface area (Å²) in [7, 11) is 0. The molecule has 0 radical (unpaired) electrons. The Morgan fingerprint density at radius 3 is 2.63 bits per heavy atom. The summed E-state index contributed by atoms with van der Waals surface area (Å²) in [6, 6.07) is 4.74. The van der Waals surface area contributed by atoms with E-state index < -0.39 is 23.5 Å². The Labute approximate surface area is 154 Å². The average Bonchev–Trinajstić information content (AvgIpc) is 2.64. The third-order valence-corrected chi connectivity index (χ3v) is 4.93. The maximum absolute atomic E-state index is 14.1. The van der Waals surface area contributed by atoms with Crippen LogP contribution in [0.2, 0.25) is 0 Å². The van der Waals surface area contributed by atoms with E-state index in [9.17, 15) is 13.2 Å². The number of fused-ring (bicyclic) bond motifs is 1. The highest BCUT2D eigenvalue weighted by Crippen LogP contribution is 2.32. The van der Waals surface area contributed by atoms with Crippen molar-refractivity contribution in [2.24, 2.45) is 5.73 Å². The molecule has 1 saturated heterocycles. The second kappa shape index (κ2) is 6.77. The molecule has 0 spiro atoms. The van der Waals surface area contributed by atoms with Crippen LogP contribution in [0.1, 0.15) is 23.6 Å². The number of hydrogen-bond acceptors (Lipinski definition) is 5. The largest absolute Gasteiger partial charge is 0.355 e. The first-order chi connectivity index (χ1) is 12.9. The third-order valence-electron chi connectivity index (χ3n) is 4.93. The van der Waals surface area contributed by atoms with E-state index in [0.717, 1.165) is 11.8 Å². The summed E-state index contributed by atoms with van der Waals surface area (Å²) >= 11 is 0. The lowest BCUT2D eigenvalue weighted by Crippen LogP contribution is -2.48.